The molecule has 0 saturated heterocycles. The van der Waals surface area contributed by atoms with E-state index in [1.54, 1.807) is 55.3 Å². The number of aryl methyl sites for hydroxylation is 8. The van der Waals surface area contributed by atoms with E-state index in [1.807, 2.05) is 116 Å². The minimum atomic E-state index is -4.33. The number of ether oxygens (including phenoxy) is 1. The Morgan fingerprint density at radius 3 is 1.62 bits per heavy atom. The summed E-state index contributed by atoms with van der Waals surface area (Å²) in [6.07, 6.45) is 5.44. The average molecular weight is 912 g/mol. The number of rotatable bonds is 2. The van der Waals surface area contributed by atoms with Gasteiger partial charge in [-0.2, -0.15) is 13.2 Å². The summed E-state index contributed by atoms with van der Waals surface area (Å²) in [6.45, 7) is 24.5. The summed E-state index contributed by atoms with van der Waals surface area (Å²) in [5.41, 5.74) is 5.16. The van der Waals surface area contributed by atoms with Gasteiger partial charge in [-0.05, 0) is 145 Å². The number of pyridine rings is 5. The zero-order chi connectivity index (χ0) is 45.8. The lowest BCUT2D eigenvalue weighted by atomic mass is 10.2. The van der Waals surface area contributed by atoms with Gasteiger partial charge in [0.05, 0.1) is 10.9 Å². The van der Waals surface area contributed by atoms with Crippen LogP contribution in [0.2, 0.25) is 14.6 Å². The molecule has 0 amide bonds. The molecule has 7 aromatic rings. The number of hydrogen-bond acceptors (Lipinski definition) is 9. The van der Waals surface area contributed by atoms with Gasteiger partial charge in [-0.1, -0.05) is 59.6 Å². The van der Waals surface area contributed by atoms with Crippen LogP contribution in [0.25, 0.3) is 4.85 Å². The van der Waals surface area contributed by atoms with Crippen molar-refractivity contribution in [1.82, 2.24) is 34.9 Å². The van der Waals surface area contributed by atoms with Gasteiger partial charge in [-0.3, -0.25) is 4.98 Å². The lowest BCUT2D eigenvalue weighted by Crippen LogP contribution is -2.07. The summed E-state index contributed by atoms with van der Waals surface area (Å²) < 4.78 is 41.7. The number of nitrogens with zero attached hydrogens (tertiary/aromatic N) is 8. The molecule has 0 aliphatic carbocycles. The summed E-state index contributed by atoms with van der Waals surface area (Å²) in [5, 5.41) is 1.15. The zero-order valence-corrected chi connectivity index (χ0v) is 38.4. The van der Waals surface area contributed by atoms with E-state index in [0.29, 0.717) is 34.2 Å². The lowest BCUT2D eigenvalue weighted by molar-refractivity contribution is -0.141. The van der Waals surface area contributed by atoms with Gasteiger partial charge in [0, 0.05) is 47.6 Å². The minimum absolute atomic E-state index is 0.459. The van der Waals surface area contributed by atoms with Gasteiger partial charge in [0.25, 0.3) is 5.82 Å². The summed E-state index contributed by atoms with van der Waals surface area (Å²) in [6, 6.07) is 23.3. The Hall–Kier alpha value is -5.52. The highest BCUT2D eigenvalue weighted by atomic mass is 35.5. The highest BCUT2D eigenvalue weighted by Crippen LogP contribution is 2.27. The maximum Gasteiger partial charge on any atom is 0.433 e. The van der Waals surface area contributed by atoms with Crippen LogP contribution in [-0.4, -0.2) is 41.5 Å². The van der Waals surface area contributed by atoms with E-state index < -0.39 is 11.9 Å². The van der Waals surface area contributed by atoms with E-state index in [1.165, 1.54) is 10.9 Å². The van der Waals surface area contributed by atoms with E-state index in [0.717, 1.165) is 50.4 Å². The molecule has 16 heteroatoms. The van der Waals surface area contributed by atoms with Crippen LogP contribution in [-0.2, 0) is 6.18 Å². The van der Waals surface area contributed by atoms with Crippen molar-refractivity contribution in [2.45, 2.75) is 68.5 Å². The Labute approximate surface area is 375 Å². The molecule has 0 radical (unpaired) electrons. The number of halogens is 6. The second kappa shape index (κ2) is 29.7. The van der Waals surface area contributed by atoms with Gasteiger partial charge in [-0.15, -0.1) is 16.3 Å². The third-order valence-corrected chi connectivity index (χ3v) is 8.59. The van der Waals surface area contributed by atoms with Gasteiger partial charge in [0.1, 0.15) is 28.0 Å². The standard InChI is InChI=1S/C8H11NO.C7H6F3N.C7H6N2.2C6H6ClN.C6H8N2.C5H5ClS/c1-3-10-8-5-4-7(2)6-9-8;1-5-2-3-11-6(4-5)7(8,9)10;1-6-3-4-7(8-2)9-5-6;1-5-2-3-8-6(7)4-5;1-5-3-2-4-8-6(5)7;1-5-3-4-7-6(2)8-5;1-4-2-3-5(6)7-4/h4-6H,3H2,1-2H3;2-4H,1H3;3-5H,1H3;2*2-4H,1H3;3-4H,1-2H3;2-3H,1H3. The minimum Gasteiger partial charge on any atom is -0.478 e. The monoisotopic (exact) mass is 910 g/mol. The van der Waals surface area contributed by atoms with Crippen molar-refractivity contribution >= 4 is 52.0 Å². The Kier molecular flexibility index (Phi) is 26.0. The van der Waals surface area contributed by atoms with E-state index in [4.69, 9.17) is 46.1 Å². The molecule has 7 aromatic heterocycles. The van der Waals surface area contributed by atoms with E-state index in [-0.39, 0.29) is 0 Å². The number of hydrogen-bond donors (Lipinski definition) is 0. The molecule has 0 saturated carbocycles. The molecular formula is C45H48Cl3F3N8OS. The van der Waals surface area contributed by atoms with Crippen molar-refractivity contribution in [3.05, 3.63) is 192 Å². The Bertz CT molecular complexity index is 2210. The van der Waals surface area contributed by atoms with E-state index in [2.05, 4.69) is 39.7 Å². The normalized spacial score (nSPS) is 9.61. The molecule has 0 aliphatic heterocycles. The molecule has 0 spiro atoms. The molecule has 0 aromatic carbocycles. The Balaban J connectivity index is 0.000000357. The maximum atomic E-state index is 11.9. The summed E-state index contributed by atoms with van der Waals surface area (Å²) in [7, 11) is 0. The highest BCUT2D eigenvalue weighted by Gasteiger charge is 2.32. The topological polar surface area (TPSA) is 104 Å². The third-order valence-electron chi connectivity index (χ3n) is 6.84. The molecule has 61 heavy (non-hydrogen) atoms. The summed E-state index contributed by atoms with van der Waals surface area (Å²) in [4.78, 5) is 31.1. The van der Waals surface area contributed by atoms with Crippen molar-refractivity contribution < 1.29 is 17.9 Å². The van der Waals surface area contributed by atoms with Crippen LogP contribution in [0.1, 0.15) is 56.8 Å². The Morgan fingerprint density at radius 2 is 1.28 bits per heavy atom. The molecule has 9 nitrogen and oxygen atoms in total. The predicted octanol–water partition coefficient (Wildman–Crippen LogP) is 14.0. The van der Waals surface area contributed by atoms with Crippen molar-refractivity contribution in [2.75, 3.05) is 6.61 Å². The molecule has 0 aliphatic rings. The molecule has 0 bridgehead atoms. The van der Waals surface area contributed by atoms with Crippen molar-refractivity contribution in [3.63, 3.8) is 0 Å². The number of aromatic nitrogens is 7. The largest absolute Gasteiger partial charge is 0.478 e. The van der Waals surface area contributed by atoms with Gasteiger partial charge < -0.3 is 9.58 Å². The maximum absolute atomic E-state index is 11.9. The summed E-state index contributed by atoms with van der Waals surface area (Å²) in [5.74, 6) is 2.00. The van der Waals surface area contributed by atoms with Crippen molar-refractivity contribution in [3.8, 4) is 5.88 Å². The average Bonchev–Trinajstić information content (AvgIpc) is 3.60. The zero-order valence-electron chi connectivity index (χ0n) is 35.3. The molecule has 0 unspecified atom stereocenters. The fraction of sp³-hybridized carbons (Fsp3) is 0.244. The predicted molar refractivity (Wildman–Crippen MR) is 243 cm³/mol. The third kappa shape index (κ3) is 26.3. The second-order valence-electron chi connectivity index (χ2n) is 12.5. The lowest BCUT2D eigenvalue weighted by Gasteiger charge is -2.04. The van der Waals surface area contributed by atoms with Crippen molar-refractivity contribution in [2.24, 2.45) is 0 Å². The highest BCUT2D eigenvalue weighted by molar-refractivity contribution is 7.16. The number of thiophene rings is 1. The molecule has 7 rings (SSSR count). The van der Waals surface area contributed by atoms with Crippen molar-refractivity contribution in [1.29, 1.82) is 0 Å². The van der Waals surface area contributed by atoms with Crippen LogP contribution >= 0.6 is 46.1 Å². The molecule has 7 heterocycles. The Morgan fingerprint density at radius 1 is 0.656 bits per heavy atom. The van der Waals surface area contributed by atoms with E-state index >= 15 is 0 Å². The van der Waals surface area contributed by atoms with Crippen LogP contribution in [0.3, 0.4) is 0 Å². The van der Waals surface area contributed by atoms with Gasteiger partial charge in [0.2, 0.25) is 5.88 Å². The molecule has 0 N–H and O–H groups in total. The van der Waals surface area contributed by atoms with Crippen LogP contribution in [0.4, 0.5) is 19.0 Å². The van der Waals surface area contributed by atoms with Crippen LogP contribution in [0, 0.1) is 62.0 Å². The first-order valence-corrected chi connectivity index (χ1v) is 20.3. The second-order valence-corrected chi connectivity index (χ2v) is 15.2. The molecular weight excluding hydrogens is 864 g/mol. The summed E-state index contributed by atoms with van der Waals surface area (Å²) >= 11 is 18.3. The fourth-order valence-corrected chi connectivity index (χ4v) is 5.21. The van der Waals surface area contributed by atoms with Crippen LogP contribution in [0.5, 0.6) is 5.88 Å². The molecule has 0 fully saturated rings. The fourth-order valence-electron chi connectivity index (χ4n) is 3.85. The first-order chi connectivity index (χ1) is 28.8. The first-order valence-electron chi connectivity index (χ1n) is 18.3. The first kappa shape index (κ1) is 53.5. The van der Waals surface area contributed by atoms with Crippen LogP contribution in [0.15, 0.2) is 116 Å². The smallest absolute Gasteiger partial charge is 0.433 e. The quantitative estimate of drug-likeness (QED) is 0.125. The molecule has 0 atom stereocenters. The van der Waals surface area contributed by atoms with Gasteiger partial charge in [0.15, 0.2) is 0 Å². The van der Waals surface area contributed by atoms with E-state index in [9.17, 15) is 13.2 Å². The van der Waals surface area contributed by atoms with Crippen LogP contribution < -0.4 is 4.74 Å². The molecule has 322 valence electrons. The SMILES string of the molecule is CCOc1ccc(C)cn1.Cc1ccc(Cl)s1.Cc1cccnc1Cl.Cc1ccnc(C(F)(F)F)c1.Cc1ccnc(C)n1.Cc1ccnc(Cl)c1.[C-]#[N+]c1ccc(C)cn1. The number of alkyl halides is 3. The van der Waals surface area contributed by atoms with Gasteiger partial charge in [-0.25, -0.2) is 24.9 Å². The van der Waals surface area contributed by atoms with Gasteiger partial charge >= 0.3 is 6.18 Å².